The summed E-state index contributed by atoms with van der Waals surface area (Å²) in [5.74, 6) is -0.701. The van der Waals surface area contributed by atoms with Crippen LogP contribution in [0.4, 0.5) is 5.69 Å². The van der Waals surface area contributed by atoms with Gasteiger partial charge in [0, 0.05) is 0 Å². The standard InChI is InChI=1S/C12H16ClN3O4/c1-11(2,12(3,4)18)15-10(17)7-5-9(13)14-6-8(7)16(19)20/h5-6,18H,1-4H3,(H,15,17). The van der Waals surface area contributed by atoms with Gasteiger partial charge >= 0.3 is 0 Å². The molecule has 1 aromatic heterocycles. The van der Waals surface area contributed by atoms with Crippen molar-refractivity contribution in [3.05, 3.63) is 33.1 Å². The van der Waals surface area contributed by atoms with Gasteiger partial charge in [-0.3, -0.25) is 14.9 Å². The van der Waals surface area contributed by atoms with Gasteiger partial charge in [0.15, 0.2) is 0 Å². The molecule has 0 bridgehead atoms. The van der Waals surface area contributed by atoms with Crippen LogP contribution in [0.3, 0.4) is 0 Å². The molecule has 0 saturated carbocycles. The molecule has 0 aliphatic carbocycles. The van der Waals surface area contributed by atoms with Gasteiger partial charge in [0.05, 0.1) is 16.1 Å². The predicted molar refractivity (Wildman–Crippen MR) is 73.7 cm³/mol. The number of carbonyl (C=O) groups is 1. The number of nitrogens with zero attached hydrogens (tertiary/aromatic N) is 2. The summed E-state index contributed by atoms with van der Waals surface area (Å²) < 4.78 is 0. The minimum absolute atomic E-state index is 0.0261. The normalized spacial score (nSPS) is 12.1. The Labute approximate surface area is 121 Å². The molecule has 0 atom stereocenters. The molecule has 1 amide bonds. The maximum Gasteiger partial charge on any atom is 0.300 e. The maximum atomic E-state index is 12.2. The topological polar surface area (TPSA) is 105 Å². The lowest BCUT2D eigenvalue weighted by molar-refractivity contribution is -0.385. The van der Waals surface area contributed by atoms with E-state index in [0.717, 1.165) is 12.3 Å². The summed E-state index contributed by atoms with van der Waals surface area (Å²) in [6, 6.07) is 1.12. The van der Waals surface area contributed by atoms with Gasteiger partial charge in [-0.15, -0.1) is 0 Å². The zero-order valence-electron chi connectivity index (χ0n) is 11.6. The Balaban J connectivity index is 3.16. The van der Waals surface area contributed by atoms with Crippen molar-refractivity contribution >= 4 is 23.2 Å². The smallest absolute Gasteiger partial charge is 0.300 e. The summed E-state index contributed by atoms with van der Waals surface area (Å²) in [6.07, 6.45) is 0.925. The summed E-state index contributed by atoms with van der Waals surface area (Å²) in [5, 5.41) is 23.4. The van der Waals surface area contributed by atoms with Crippen LogP contribution in [-0.4, -0.2) is 32.1 Å². The van der Waals surface area contributed by atoms with E-state index in [1.165, 1.54) is 13.8 Å². The first-order chi connectivity index (χ1) is 8.95. The van der Waals surface area contributed by atoms with E-state index in [9.17, 15) is 20.0 Å². The molecule has 1 rings (SSSR count). The molecular formula is C12H16ClN3O4. The van der Waals surface area contributed by atoms with E-state index in [0.29, 0.717) is 0 Å². The van der Waals surface area contributed by atoms with E-state index in [4.69, 9.17) is 11.6 Å². The molecule has 0 fully saturated rings. The number of rotatable bonds is 4. The van der Waals surface area contributed by atoms with Crippen LogP contribution < -0.4 is 5.32 Å². The number of hydrogen-bond donors (Lipinski definition) is 2. The highest BCUT2D eigenvalue weighted by atomic mass is 35.5. The number of aromatic nitrogens is 1. The first-order valence-corrected chi connectivity index (χ1v) is 6.18. The number of nitrogens with one attached hydrogen (secondary N) is 1. The summed E-state index contributed by atoms with van der Waals surface area (Å²) >= 11 is 5.66. The Morgan fingerprint density at radius 3 is 2.45 bits per heavy atom. The number of nitro groups is 1. The Morgan fingerprint density at radius 1 is 1.45 bits per heavy atom. The second kappa shape index (κ2) is 5.34. The number of halogens is 1. The van der Waals surface area contributed by atoms with Crippen LogP contribution in [0.1, 0.15) is 38.1 Å². The van der Waals surface area contributed by atoms with Gasteiger partial charge in [0.1, 0.15) is 16.9 Å². The first-order valence-electron chi connectivity index (χ1n) is 5.80. The Kier molecular flexibility index (Phi) is 4.36. The Bertz CT molecular complexity index is 552. The monoisotopic (exact) mass is 301 g/mol. The molecule has 0 saturated heterocycles. The molecule has 20 heavy (non-hydrogen) atoms. The highest BCUT2D eigenvalue weighted by Gasteiger charge is 2.37. The number of pyridine rings is 1. The average Bonchev–Trinajstić information content (AvgIpc) is 2.26. The van der Waals surface area contributed by atoms with Gasteiger partial charge < -0.3 is 10.4 Å². The summed E-state index contributed by atoms with van der Waals surface area (Å²) in [6.45, 7) is 6.28. The molecule has 8 heteroatoms. The van der Waals surface area contributed by atoms with E-state index in [-0.39, 0.29) is 10.7 Å². The molecule has 1 heterocycles. The SMILES string of the molecule is CC(C)(O)C(C)(C)NC(=O)c1cc(Cl)ncc1[N+](=O)[O-]. The quantitative estimate of drug-likeness (QED) is 0.502. The minimum atomic E-state index is -1.21. The van der Waals surface area contributed by atoms with Crippen LogP contribution in [0.5, 0.6) is 0 Å². The molecule has 0 radical (unpaired) electrons. The molecule has 2 N–H and O–H groups in total. The lowest BCUT2D eigenvalue weighted by Gasteiger charge is -2.37. The Morgan fingerprint density at radius 2 is 2.00 bits per heavy atom. The average molecular weight is 302 g/mol. The van der Waals surface area contributed by atoms with Crippen molar-refractivity contribution in [2.24, 2.45) is 0 Å². The van der Waals surface area contributed by atoms with E-state index < -0.39 is 27.7 Å². The predicted octanol–water partition coefficient (Wildman–Crippen LogP) is 1.92. The second-order valence-corrected chi connectivity index (χ2v) is 5.81. The van der Waals surface area contributed by atoms with Gasteiger partial charge in [0.25, 0.3) is 11.6 Å². The number of hydrogen-bond acceptors (Lipinski definition) is 5. The zero-order chi connectivity index (χ0) is 15.7. The number of aliphatic hydroxyl groups is 1. The molecule has 0 spiro atoms. The van der Waals surface area contributed by atoms with Crippen molar-refractivity contribution in [3.63, 3.8) is 0 Å². The highest BCUT2D eigenvalue weighted by molar-refractivity contribution is 6.29. The zero-order valence-corrected chi connectivity index (χ0v) is 12.4. The van der Waals surface area contributed by atoms with Crippen LogP contribution in [0.25, 0.3) is 0 Å². The van der Waals surface area contributed by atoms with Crippen molar-refractivity contribution in [1.29, 1.82) is 0 Å². The lowest BCUT2D eigenvalue weighted by Crippen LogP contribution is -2.57. The van der Waals surface area contributed by atoms with Crippen molar-refractivity contribution < 1.29 is 14.8 Å². The summed E-state index contributed by atoms with van der Waals surface area (Å²) in [7, 11) is 0. The summed E-state index contributed by atoms with van der Waals surface area (Å²) in [5.41, 5.74) is -2.85. The van der Waals surface area contributed by atoms with Gasteiger partial charge in [-0.05, 0) is 33.8 Å². The lowest BCUT2D eigenvalue weighted by atomic mass is 9.85. The summed E-state index contributed by atoms with van der Waals surface area (Å²) in [4.78, 5) is 25.9. The minimum Gasteiger partial charge on any atom is -0.388 e. The largest absolute Gasteiger partial charge is 0.388 e. The fraction of sp³-hybridized carbons (Fsp3) is 0.500. The van der Waals surface area contributed by atoms with Crippen LogP contribution in [0, 0.1) is 10.1 Å². The van der Waals surface area contributed by atoms with Gasteiger partial charge in [-0.25, -0.2) is 4.98 Å². The number of carbonyl (C=O) groups excluding carboxylic acids is 1. The van der Waals surface area contributed by atoms with Gasteiger partial charge in [-0.1, -0.05) is 11.6 Å². The van der Waals surface area contributed by atoms with Crippen molar-refractivity contribution in [3.8, 4) is 0 Å². The van der Waals surface area contributed by atoms with E-state index >= 15 is 0 Å². The van der Waals surface area contributed by atoms with Crippen LogP contribution in [0.15, 0.2) is 12.3 Å². The Hall–Kier alpha value is -1.73. The highest BCUT2D eigenvalue weighted by Crippen LogP contribution is 2.24. The van der Waals surface area contributed by atoms with Crippen molar-refractivity contribution in [1.82, 2.24) is 10.3 Å². The molecule has 7 nitrogen and oxygen atoms in total. The van der Waals surface area contributed by atoms with Crippen LogP contribution in [0.2, 0.25) is 5.15 Å². The second-order valence-electron chi connectivity index (χ2n) is 5.42. The van der Waals surface area contributed by atoms with Gasteiger partial charge in [-0.2, -0.15) is 0 Å². The first kappa shape index (κ1) is 16.3. The van der Waals surface area contributed by atoms with Crippen LogP contribution >= 0.6 is 11.6 Å². The van der Waals surface area contributed by atoms with Crippen molar-refractivity contribution in [2.45, 2.75) is 38.8 Å². The van der Waals surface area contributed by atoms with Gasteiger partial charge in [0.2, 0.25) is 0 Å². The molecule has 0 aliphatic heterocycles. The third kappa shape index (κ3) is 3.43. The van der Waals surface area contributed by atoms with E-state index in [2.05, 4.69) is 10.3 Å². The van der Waals surface area contributed by atoms with E-state index in [1.54, 1.807) is 13.8 Å². The molecular weight excluding hydrogens is 286 g/mol. The third-order valence-corrected chi connectivity index (χ3v) is 3.45. The third-order valence-electron chi connectivity index (χ3n) is 3.25. The molecule has 0 aliphatic rings. The van der Waals surface area contributed by atoms with Crippen molar-refractivity contribution in [2.75, 3.05) is 0 Å². The molecule has 1 aromatic rings. The van der Waals surface area contributed by atoms with Crippen LogP contribution in [-0.2, 0) is 0 Å². The van der Waals surface area contributed by atoms with E-state index in [1.807, 2.05) is 0 Å². The molecule has 0 aromatic carbocycles. The molecule has 110 valence electrons. The fourth-order valence-corrected chi connectivity index (χ4v) is 1.41. The number of amides is 1. The fourth-order valence-electron chi connectivity index (χ4n) is 1.25. The molecule has 0 unspecified atom stereocenters. The maximum absolute atomic E-state index is 12.2.